The van der Waals surface area contributed by atoms with E-state index in [0.717, 1.165) is 33.8 Å². The number of sulfonamides is 1. The summed E-state index contributed by atoms with van der Waals surface area (Å²) in [5.41, 5.74) is 2.81. The van der Waals surface area contributed by atoms with Crippen LogP contribution in [-0.2, 0) is 32.6 Å². The van der Waals surface area contributed by atoms with Crippen LogP contribution in [0.2, 0.25) is 5.02 Å². The van der Waals surface area contributed by atoms with E-state index in [1.54, 1.807) is 60.7 Å². The van der Waals surface area contributed by atoms with Crippen LogP contribution < -0.4 is 14.4 Å². The third-order valence-electron chi connectivity index (χ3n) is 7.69. The predicted molar refractivity (Wildman–Crippen MR) is 187 cm³/mol. The number of amides is 2. The van der Waals surface area contributed by atoms with Gasteiger partial charge in [-0.15, -0.1) is 0 Å². The minimum Gasteiger partial charge on any atom is -0.494 e. The highest BCUT2D eigenvalue weighted by Crippen LogP contribution is 2.27. The first-order chi connectivity index (χ1) is 22.6. The highest BCUT2D eigenvalue weighted by atomic mass is 35.5. The second-order valence-electron chi connectivity index (χ2n) is 11.2. The van der Waals surface area contributed by atoms with Gasteiger partial charge in [0.1, 0.15) is 18.3 Å². The number of hydrogen-bond donors (Lipinski definition) is 1. The summed E-state index contributed by atoms with van der Waals surface area (Å²) < 4.78 is 35.1. The summed E-state index contributed by atoms with van der Waals surface area (Å²) in [7, 11) is -4.20. The number of hydrogen-bond acceptors (Lipinski definition) is 5. The molecule has 1 atom stereocenters. The second kappa shape index (κ2) is 17.0. The molecular formula is C37H42ClN3O5S. The lowest BCUT2D eigenvalue weighted by Crippen LogP contribution is -2.53. The molecule has 1 unspecified atom stereocenters. The number of anilines is 1. The molecule has 0 aliphatic rings. The Bertz CT molecular complexity index is 1700. The monoisotopic (exact) mass is 675 g/mol. The number of halogens is 1. The van der Waals surface area contributed by atoms with Crippen molar-refractivity contribution in [2.45, 2.75) is 57.5 Å². The van der Waals surface area contributed by atoms with Crippen LogP contribution in [0.4, 0.5) is 5.69 Å². The fourth-order valence-electron chi connectivity index (χ4n) is 5.09. The Morgan fingerprint density at radius 2 is 1.51 bits per heavy atom. The van der Waals surface area contributed by atoms with E-state index in [9.17, 15) is 18.0 Å². The molecule has 10 heteroatoms. The summed E-state index contributed by atoms with van der Waals surface area (Å²) in [5.74, 6) is -0.263. The van der Waals surface area contributed by atoms with Crippen LogP contribution >= 0.6 is 11.6 Å². The van der Waals surface area contributed by atoms with E-state index in [1.807, 2.05) is 51.1 Å². The van der Waals surface area contributed by atoms with Crippen LogP contribution in [0.25, 0.3) is 0 Å². The molecule has 0 saturated carbocycles. The number of aryl methyl sites for hydroxylation is 1. The van der Waals surface area contributed by atoms with Crippen LogP contribution in [0.5, 0.6) is 5.75 Å². The molecule has 0 spiro atoms. The first-order valence-corrected chi connectivity index (χ1v) is 17.6. The van der Waals surface area contributed by atoms with Gasteiger partial charge in [0.2, 0.25) is 11.8 Å². The number of nitrogens with zero attached hydrogens (tertiary/aromatic N) is 2. The molecule has 2 amide bonds. The molecule has 0 aliphatic carbocycles. The van der Waals surface area contributed by atoms with Gasteiger partial charge in [0.25, 0.3) is 10.0 Å². The van der Waals surface area contributed by atoms with Crippen molar-refractivity contribution in [3.8, 4) is 5.75 Å². The fraction of sp³-hybridized carbons (Fsp3) is 0.297. The lowest BCUT2D eigenvalue weighted by molar-refractivity contribution is -0.140. The zero-order chi connectivity index (χ0) is 33.8. The Labute approximate surface area is 283 Å². The Morgan fingerprint density at radius 3 is 2.13 bits per heavy atom. The molecule has 0 aliphatic heterocycles. The van der Waals surface area contributed by atoms with E-state index in [4.69, 9.17) is 16.3 Å². The van der Waals surface area contributed by atoms with Gasteiger partial charge in [-0.1, -0.05) is 85.1 Å². The fourth-order valence-corrected chi connectivity index (χ4v) is 6.63. The number of nitrogens with one attached hydrogen (secondary N) is 1. The van der Waals surface area contributed by atoms with Crippen LogP contribution in [0.1, 0.15) is 43.4 Å². The maximum absolute atomic E-state index is 14.6. The normalized spacial score (nSPS) is 11.8. The van der Waals surface area contributed by atoms with E-state index < -0.39 is 28.5 Å². The summed E-state index contributed by atoms with van der Waals surface area (Å²) in [6.45, 7) is 6.21. The summed E-state index contributed by atoms with van der Waals surface area (Å²) in [4.78, 5) is 29.9. The van der Waals surface area contributed by atoms with Crippen LogP contribution in [0.3, 0.4) is 0 Å². The molecule has 0 bridgehead atoms. The van der Waals surface area contributed by atoms with Crippen molar-refractivity contribution >= 4 is 39.1 Å². The van der Waals surface area contributed by atoms with Crippen molar-refractivity contribution in [3.63, 3.8) is 0 Å². The van der Waals surface area contributed by atoms with E-state index in [0.29, 0.717) is 29.6 Å². The maximum atomic E-state index is 14.6. The van der Waals surface area contributed by atoms with Gasteiger partial charge in [-0.05, 0) is 79.9 Å². The summed E-state index contributed by atoms with van der Waals surface area (Å²) in [6.07, 6.45) is 1.92. The molecule has 248 valence electrons. The smallest absolute Gasteiger partial charge is 0.264 e. The van der Waals surface area contributed by atoms with Crippen molar-refractivity contribution in [1.82, 2.24) is 10.2 Å². The summed E-state index contributed by atoms with van der Waals surface area (Å²) in [6, 6.07) is 28.7. The quantitative estimate of drug-likeness (QED) is 0.132. The average Bonchev–Trinajstić information content (AvgIpc) is 3.07. The Hall–Kier alpha value is -4.34. The van der Waals surface area contributed by atoms with E-state index in [-0.39, 0.29) is 23.8 Å². The molecular weight excluding hydrogens is 634 g/mol. The molecule has 0 saturated heterocycles. The molecule has 4 aromatic carbocycles. The Balaban J connectivity index is 1.78. The Kier molecular flexibility index (Phi) is 12.8. The lowest BCUT2D eigenvalue weighted by atomic mass is 10.0. The van der Waals surface area contributed by atoms with Crippen molar-refractivity contribution in [3.05, 3.63) is 125 Å². The number of rotatable bonds is 16. The molecule has 0 heterocycles. The first kappa shape index (κ1) is 35.5. The van der Waals surface area contributed by atoms with Crippen molar-refractivity contribution in [2.24, 2.45) is 0 Å². The second-order valence-corrected chi connectivity index (χ2v) is 13.5. The van der Waals surface area contributed by atoms with Crippen molar-refractivity contribution < 1.29 is 22.7 Å². The van der Waals surface area contributed by atoms with Crippen LogP contribution in [0.15, 0.2) is 108 Å². The van der Waals surface area contributed by atoms with E-state index in [1.165, 1.54) is 17.0 Å². The highest BCUT2D eigenvalue weighted by molar-refractivity contribution is 7.92. The average molecular weight is 676 g/mol. The highest BCUT2D eigenvalue weighted by Gasteiger charge is 2.34. The van der Waals surface area contributed by atoms with Gasteiger partial charge in [0.05, 0.1) is 17.2 Å². The lowest BCUT2D eigenvalue weighted by Gasteiger charge is -2.34. The molecule has 47 heavy (non-hydrogen) atoms. The van der Waals surface area contributed by atoms with Crippen molar-refractivity contribution in [2.75, 3.05) is 24.0 Å². The van der Waals surface area contributed by atoms with E-state index >= 15 is 0 Å². The Morgan fingerprint density at radius 1 is 0.851 bits per heavy atom. The van der Waals surface area contributed by atoms with Gasteiger partial charge in [-0.2, -0.15) is 0 Å². The summed E-state index contributed by atoms with van der Waals surface area (Å²) in [5, 5.41) is 3.54. The van der Waals surface area contributed by atoms with Gasteiger partial charge >= 0.3 is 0 Å². The molecule has 8 nitrogen and oxygen atoms in total. The van der Waals surface area contributed by atoms with Gasteiger partial charge < -0.3 is 15.0 Å². The van der Waals surface area contributed by atoms with Gasteiger partial charge in [-0.3, -0.25) is 13.9 Å². The number of carbonyl (C=O) groups is 2. The SMILES string of the molecule is CCCCNC(=O)C(Cc1ccccc1)N(Cc1ccc(Cl)cc1)C(=O)CN(c1ccc(OCC)cc1)S(=O)(=O)c1ccc(C)cc1. The zero-order valence-corrected chi connectivity index (χ0v) is 28.6. The zero-order valence-electron chi connectivity index (χ0n) is 27.1. The minimum absolute atomic E-state index is 0.0483. The van der Waals surface area contributed by atoms with Gasteiger partial charge in [0.15, 0.2) is 0 Å². The molecule has 4 aromatic rings. The third-order valence-corrected chi connectivity index (χ3v) is 9.73. The number of unbranched alkanes of at least 4 members (excludes halogenated alkanes) is 1. The predicted octanol–water partition coefficient (Wildman–Crippen LogP) is 6.80. The van der Waals surface area contributed by atoms with E-state index in [2.05, 4.69) is 5.32 Å². The van der Waals surface area contributed by atoms with Crippen molar-refractivity contribution in [1.29, 1.82) is 0 Å². The minimum atomic E-state index is -4.20. The maximum Gasteiger partial charge on any atom is 0.264 e. The van der Waals surface area contributed by atoms with Crippen LogP contribution in [0, 0.1) is 6.92 Å². The third kappa shape index (κ3) is 9.83. The number of benzene rings is 4. The largest absolute Gasteiger partial charge is 0.494 e. The number of carbonyl (C=O) groups excluding carboxylic acids is 2. The summed E-state index contributed by atoms with van der Waals surface area (Å²) >= 11 is 6.16. The molecule has 4 rings (SSSR count). The topological polar surface area (TPSA) is 96.0 Å². The van der Waals surface area contributed by atoms with Crippen LogP contribution in [-0.4, -0.2) is 50.9 Å². The standard InChI is InChI=1S/C37H42ClN3O5S/c1-4-6-24-39-37(43)35(25-29-10-8-7-9-11-29)40(26-30-14-16-31(38)17-15-30)36(42)27-41(32-18-20-33(21-19-32)46-5-2)47(44,45)34-22-12-28(3)13-23-34/h7-23,35H,4-6,24-27H2,1-3H3,(H,39,43). The molecule has 0 fully saturated rings. The molecule has 0 radical (unpaired) electrons. The van der Waals surface area contributed by atoms with Gasteiger partial charge in [-0.25, -0.2) is 8.42 Å². The molecule has 1 N–H and O–H groups in total. The van der Waals surface area contributed by atoms with Gasteiger partial charge in [0, 0.05) is 24.5 Å². The molecule has 0 aromatic heterocycles. The first-order valence-electron chi connectivity index (χ1n) is 15.8. The number of ether oxygens (including phenoxy) is 1.